The number of alkyl halides is 1. The van der Waals surface area contributed by atoms with E-state index in [4.69, 9.17) is 16.3 Å². The lowest BCUT2D eigenvalue weighted by molar-refractivity contribution is -0.00770. The Bertz CT molecular complexity index is 524. The van der Waals surface area contributed by atoms with Crippen molar-refractivity contribution in [2.45, 2.75) is 30.2 Å². The molecule has 7 heteroatoms. The lowest BCUT2D eigenvalue weighted by Crippen LogP contribution is -2.55. The zero-order valence-electron chi connectivity index (χ0n) is 10.4. The summed E-state index contributed by atoms with van der Waals surface area (Å²) in [5, 5.41) is 0. The van der Waals surface area contributed by atoms with Crippen LogP contribution >= 0.6 is 11.6 Å². The summed E-state index contributed by atoms with van der Waals surface area (Å²) in [5.41, 5.74) is 0.163. The second-order valence-electron chi connectivity index (χ2n) is 4.94. The Labute approximate surface area is 112 Å². The number of H-pyrrole nitrogens is 1. The second-order valence-corrected chi connectivity index (χ2v) is 7.07. The predicted octanol–water partition coefficient (Wildman–Crippen LogP) is 1.55. The number of aromatic nitrogens is 1. The highest BCUT2D eigenvalue weighted by Gasteiger charge is 2.40. The van der Waals surface area contributed by atoms with Crippen molar-refractivity contribution in [3.05, 3.63) is 18.0 Å². The van der Waals surface area contributed by atoms with Crippen molar-refractivity contribution in [1.82, 2.24) is 9.29 Å². The fourth-order valence-electron chi connectivity index (χ4n) is 2.06. The summed E-state index contributed by atoms with van der Waals surface area (Å²) in [6, 6.07) is 1.58. The maximum Gasteiger partial charge on any atom is 0.245 e. The molecular formula is C11H17ClN2O3S. The molecule has 1 N–H and O–H groups in total. The standard InChI is InChI=1S/C11H17ClN2O3S/c1-11(2)8-17-4-3-14(11)18(15,16)10-5-9(6-12)13-7-10/h5,7,13H,3-4,6,8H2,1-2H3. The van der Waals surface area contributed by atoms with E-state index in [1.54, 1.807) is 6.07 Å². The average Bonchev–Trinajstić information content (AvgIpc) is 2.77. The van der Waals surface area contributed by atoms with Crippen LogP contribution in [0, 0.1) is 0 Å². The van der Waals surface area contributed by atoms with Crippen molar-refractivity contribution in [1.29, 1.82) is 0 Å². The Morgan fingerprint density at radius 2 is 2.28 bits per heavy atom. The first kappa shape index (κ1) is 13.9. The first-order chi connectivity index (χ1) is 8.38. The Balaban J connectivity index is 2.35. The van der Waals surface area contributed by atoms with Gasteiger partial charge < -0.3 is 9.72 Å². The summed E-state index contributed by atoms with van der Waals surface area (Å²) < 4.78 is 31.9. The molecule has 102 valence electrons. The van der Waals surface area contributed by atoms with Gasteiger partial charge in [0.15, 0.2) is 0 Å². The van der Waals surface area contributed by atoms with E-state index in [0.29, 0.717) is 25.5 Å². The van der Waals surface area contributed by atoms with Gasteiger partial charge in [-0.3, -0.25) is 0 Å². The van der Waals surface area contributed by atoms with E-state index in [0.717, 1.165) is 0 Å². The molecule has 2 heterocycles. The van der Waals surface area contributed by atoms with Gasteiger partial charge in [-0.15, -0.1) is 11.6 Å². The second kappa shape index (κ2) is 4.85. The van der Waals surface area contributed by atoms with Crippen LogP contribution in [0.1, 0.15) is 19.5 Å². The number of ether oxygens (including phenoxy) is 1. The number of halogens is 1. The summed E-state index contributed by atoms with van der Waals surface area (Å²) in [7, 11) is -3.50. The Hall–Kier alpha value is -0.560. The summed E-state index contributed by atoms with van der Waals surface area (Å²) in [4.78, 5) is 3.12. The SMILES string of the molecule is CC1(C)COCCN1S(=O)(=O)c1c[nH]c(CCl)c1. The summed E-state index contributed by atoms with van der Waals surface area (Å²) >= 11 is 5.67. The van der Waals surface area contributed by atoms with Crippen LogP contribution in [0.5, 0.6) is 0 Å². The lowest BCUT2D eigenvalue weighted by atomic mass is 10.1. The van der Waals surface area contributed by atoms with E-state index in [1.165, 1.54) is 10.5 Å². The molecule has 1 aliphatic rings. The van der Waals surface area contributed by atoms with Gasteiger partial charge in [-0.2, -0.15) is 4.31 Å². The zero-order chi connectivity index (χ0) is 13.4. The van der Waals surface area contributed by atoms with Crippen molar-refractivity contribution < 1.29 is 13.2 Å². The molecule has 1 aliphatic heterocycles. The topological polar surface area (TPSA) is 62.4 Å². The molecule has 0 amide bonds. The molecule has 0 saturated carbocycles. The largest absolute Gasteiger partial charge is 0.378 e. The Morgan fingerprint density at radius 1 is 1.56 bits per heavy atom. The normalized spacial score (nSPS) is 21.1. The first-order valence-electron chi connectivity index (χ1n) is 5.72. The monoisotopic (exact) mass is 292 g/mol. The Morgan fingerprint density at radius 3 is 2.83 bits per heavy atom. The number of hydrogen-bond acceptors (Lipinski definition) is 3. The number of morpholine rings is 1. The third-order valence-electron chi connectivity index (χ3n) is 3.02. The van der Waals surface area contributed by atoms with Gasteiger partial charge in [-0.1, -0.05) is 0 Å². The fraction of sp³-hybridized carbons (Fsp3) is 0.636. The summed E-state index contributed by atoms with van der Waals surface area (Å²) in [5.74, 6) is 0.266. The number of nitrogens with zero attached hydrogens (tertiary/aromatic N) is 1. The van der Waals surface area contributed by atoms with Crippen LogP contribution in [0.3, 0.4) is 0 Å². The molecule has 5 nitrogen and oxygen atoms in total. The summed E-state index contributed by atoms with van der Waals surface area (Å²) in [6.07, 6.45) is 1.48. The summed E-state index contributed by atoms with van der Waals surface area (Å²) in [6.45, 7) is 4.92. The molecule has 1 aromatic rings. The minimum atomic E-state index is -3.50. The highest BCUT2D eigenvalue weighted by molar-refractivity contribution is 7.89. The third kappa shape index (κ3) is 2.42. The van der Waals surface area contributed by atoms with Gasteiger partial charge in [0, 0.05) is 18.4 Å². The number of aromatic amines is 1. The van der Waals surface area contributed by atoms with Gasteiger partial charge in [0.1, 0.15) is 0 Å². The van der Waals surface area contributed by atoms with Crippen LogP contribution < -0.4 is 0 Å². The number of sulfonamides is 1. The van der Waals surface area contributed by atoms with E-state index in [1.807, 2.05) is 13.8 Å². The molecule has 0 atom stereocenters. The number of nitrogens with one attached hydrogen (secondary N) is 1. The maximum atomic E-state index is 12.5. The first-order valence-corrected chi connectivity index (χ1v) is 7.69. The zero-order valence-corrected chi connectivity index (χ0v) is 12.0. The quantitative estimate of drug-likeness (QED) is 0.860. The average molecular weight is 293 g/mol. The van der Waals surface area contributed by atoms with E-state index in [-0.39, 0.29) is 10.8 Å². The van der Waals surface area contributed by atoms with Gasteiger partial charge >= 0.3 is 0 Å². The molecule has 0 aromatic carbocycles. The minimum Gasteiger partial charge on any atom is -0.378 e. The molecule has 0 aliphatic carbocycles. The van der Waals surface area contributed by atoms with Crippen LogP contribution in [0.2, 0.25) is 0 Å². The number of hydrogen-bond donors (Lipinski definition) is 1. The maximum absolute atomic E-state index is 12.5. The van der Waals surface area contributed by atoms with E-state index >= 15 is 0 Å². The van der Waals surface area contributed by atoms with Crippen molar-refractivity contribution in [3.63, 3.8) is 0 Å². The van der Waals surface area contributed by atoms with E-state index < -0.39 is 15.6 Å². The highest BCUT2D eigenvalue weighted by atomic mass is 35.5. The molecule has 0 radical (unpaired) electrons. The molecule has 0 unspecified atom stereocenters. The van der Waals surface area contributed by atoms with Crippen molar-refractivity contribution in [3.8, 4) is 0 Å². The smallest absolute Gasteiger partial charge is 0.245 e. The van der Waals surface area contributed by atoms with Crippen molar-refractivity contribution >= 4 is 21.6 Å². The molecule has 2 rings (SSSR count). The van der Waals surface area contributed by atoms with Crippen LogP contribution in [0.4, 0.5) is 0 Å². The number of rotatable bonds is 3. The molecule has 1 aromatic heterocycles. The van der Waals surface area contributed by atoms with Gasteiger partial charge in [0.05, 0.1) is 29.5 Å². The molecule has 1 saturated heterocycles. The minimum absolute atomic E-state index is 0.258. The molecule has 0 bridgehead atoms. The highest BCUT2D eigenvalue weighted by Crippen LogP contribution is 2.27. The van der Waals surface area contributed by atoms with Gasteiger partial charge in [-0.25, -0.2) is 8.42 Å². The van der Waals surface area contributed by atoms with Gasteiger partial charge in [0.25, 0.3) is 0 Å². The van der Waals surface area contributed by atoms with Crippen molar-refractivity contribution in [2.75, 3.05) is 19.8 Å². The molecule has 18 heavy (non-hydrogen) atoms. The van der Waals surface area contributed by atoms with Gasteiger partial charge in [-0.05, 0) is 19.9 Å². The van der Waals surface area contributed by atoms with Crippen molar-refractivity contribution in [2.24, 2.45) is 0 Å². The predicted molar refractivity (Wildman–Crippen MR) is 69.1 cm³/mol. The van der Waals surface area contributed by atoms with Crippen LogP contribution in [-0.2, 0) is 20.6 Å². The third-order valence-corrected chi connectivity index (χ3v) is 5.39. The van der Waals surface area contributed by atoms with Gasteiger partial charge in [0.2, 0.25) is 10.0 Å². The van der Waals surface area contributed by atoms with Crippen LogP contribution in [0.15, 0.2) is 17.2 Å². The molecule has 0 spiro atoms. The fourth-order valence-corrected chi connectivity index (χ4v) is 3.99. The van der Waals surface area contributed by atoms with Crippen LogP contribution in [-0.4, -0.2) is 43.0 Å². The van der Waals surface area contributed by atoms with E-state index in [2.05, 4.69) is 4.98 Å². The lowest BCUT2D eigenvalue weighted by Gasteiger charge is -2.40. The molecule has 1 fully saturated rings. The molecular weight excluding hydrogens is 276 g/mol. The van der Waals surface area contributed by atoms with Crippen LogP contribution in [0.25, 0.3) is 0 Å². The van der Waals surface area contributed by atoms with E-state index in [9.17, 15) is 8.42 Å². The Kier molecular flexibility index (Phi) is 3.73.